The highest BCUT2D eigenvalue weighted by molar-refractivity contribution is 5.70. The predicted molar refractivity (Wildman–Crippen MR) is 292 cm³/mol. The van der Waals surface area contributed by atoms with Crippen molar-refractivity contribution in [2.75, 3.05) is 26.3 Å². The summed E-state index contributed by atoms with van der Waals surface area (Å²) >= 11 is 0. The van der Waals surface area contributed by atoms with Crippen LogP contribution in [0.3, 0.4) is 0 Å². The predicted octanol–water partition coefficient (Wildman–Crippen LogP) is 19.5. The van der Waals surface area contributed by atoms with Gasteiger partial charge >= 0.3 is 18.2 Å². The van der Waals surface area contributed by atoms with Crippen LogP contribution in [0.5, 0.6) is 0 Å². The summed E-state index contributed by atoms with van der Waals surface area (Å²) in [5.41, 5.74) is -1.30. The summed E-state index contributed by atoms with van der Waals surface area (Å²) in [5.74, 6) is -0.309. The lowest BCUT2D eigenvalue weighted by molar-refractivity contribution is -0.153. The number of unbranched alkanes of at least 4 members (excludes halogenated alkanes) is 44. The minimum absolute atomic E-state index is 0.163. The summed E-state index contributed by atoms with van der Waals surface area (Å²) in [6, 6.07) is 0. The lowest BCUT2D eigenvalue weighted by atomic mass is 10.0. The molecule has 0 bridgehead atoms. The second-order valence-electron chi connectivity index (χ2n) is 21.2. The number of amides is 2. The van der Waals surface area contributed by atoms with E-state index in [1.165, 1.54) is 257 Å². The van der Waals surface area contributed by atoms with E-state index in [9.17, 15) is 14.4 Å². The maximum atomic E-state index is 13.0. The van der Waals surface area contributed by atoms with Crippen LogP contribution in [0.15, 0.2) is 0 Å². The van der Waals surface area contributed by atoms with Gasteiger partial charge in [-0.05, 0) is 26.2 Å². The van der Waals surface area contributed by atoms with E-state index in [-0.39, 0.29) is 19.2 Å². The minimum atomic E-state index is -1.30. The molecular weight excluding hydrogens is 845 g/mol. The van der Waals surface area contributed by atoms with Crippen LogP contribution in [-0.4, -0.2) is 50.1 Å². The molecule has 0 aromatic heterocycles. The molecule has 1 atom stereocenters. The zero-order valence-corrected chi connectivity index (χ0v) is 46.2. The molecule has 404 valence electrons. The van der Waals surface area contributed by atoms with Gasteiger partial charge in [-0.1, -0.05) is 303 Å². The smallest absolute Gasteiger partial charge is 0.407 e. The maximum Gasteiger partial charge on any atom is 0.407 e. The van der Waals surface area contributed by atoms with Crippen LogP contribution >= 0.6 is 0 Å². The number of ether oxygens (including phenoxy) is 3. The van der Waals surface area contributed by atoms with E-state index >= 15 is 0 Å². The third-order valence-electron chi connectivity index (χ3n) is 14.0. The molecule has 0 aromatic carbocycles. The lowest BCUT2D eigenvalue weighted by Crippen LogP contribution is -2.46. The van der Waals surface area contributed by atoms with Crippen molar-refractivity contribution in [3.8, 4) is 0 Å². The van der Waals surface area contributed by atoms with Gasteiger partial charge in [0.25, 0.3) is 0 Å². The Morgan fingerprint density at radius 1 is 0.309 bits per heavy atom. The molecule has 2 amide bonds. The van der Waals surface area contributed by atoms with Crippen LogP contribution < -0.4 is 10.6 Å². The molecule has 0 aliphatic heterocycles. The van der Waals surface area contributed by atoms with E-state index in [1.54, 1.807) is 6.92 Å². The number of carbonyl (C=O) groups is 3. The highest BCUT2D eigenvalue weighted by atomic mass is 16.6. The highest BCUT2D eigenvalue weighted by Gasteiger charge is 2.33. The summed E-state index contributed by atoms with van der Waals surface area (Å²) in [5, 5.41) is 5.73. The second-order valence-corrected chi connectivity index (χ2v) is 21.2. The van der Waals surface area contributed by atoms with Crippen molar-refractivity contribution in [1.29, 1.82) is 0 Å². The van der Waals surface area contributed by atoms with Gasteiger partial charge in [0.2, 0.25) is 0 Å². The first kappa shape index (κ1) is 66.0. The van der Waals surface area contributed by atoms with Gasteiger partial charge in [-0.2, -0.15) is 0 Å². The van der Waals surface area contributed by atoms with Crippen LogP contribution in [0.2, 0.25) is 0 Å². The third-order valence-corrected chi connectivity index (χ3v) is 14.0. The quantitative estimate of drug-likeness (QED) is 0.0358. The largest absolute Gasteiger partial charge is 0.461 e. The Hall–Kier alpha value is -1.99. The molecule has 2 N–H and O–H groups in total. The van der Waals surface area contributed by atoms with E-state index in [1.807, 2.05) is 0 Å². The fourth-order valence-corrected chi connectivity index (χ4v) is 9.30. The van der Waals surface area contributed by atoms with Crippen molar-refractivity contribution < 1.29 is 28.6 Å². The summed E-state index contributed by atoms with van der Waals surface area (Å²) < 4.78 is 17.0. The van der Waals surface area contributed by atoms with Gasteiger partial charge in [-0.25, -0.2) is 9.59 Å². The standard InChI is InChI=1S/C60H118N2O6/c1-5-8-11-14-17-20-23-26-29-32-35-38-41-44-47-50-53-61-58(64)67-56-60(4,55-66-57(63)52-49-46-43-40-37-34-31-28-25-22-19-16-13-10-7-3)68-59(65)62-54-51-48-45-42-39-36-33-30-27-24-21-18-15-12-9-6-2/h5-56H2,1-4H3,(H,61,64)(H,62,65). The van der Waals surface area contributed by atoms with Gasteiger partial charge < -0.3 is 24.8 Å². The molecule has 0 radical (unpaired) electrons. The topological polar surface area (TPSA) is 103 Å². The molecule has 0 heterocycles. The van der Waals surface area contributed by atoms with Gasteiger partial charge in [0.1, 0.15) is 13.2 Å². The molecule has 0 aromatic rings. The summed E-state index contributed by atoms with van der Waals surface area (Å²) in [4.78, 5) is 38.4. The first-order valence-electron chi connectivity index (χ1n) is 30.4. The minimum Gasteiger partial charge on any atom is -0.461 e. The first-order chi connectivity index (χ1) is 33.4. The number of esters is 1. The fourth-order valence-electron chi connectivity index (χ4n) is 9.30. The van der Waals surface area contributed by atoms with E-state index < -0.39 is 17.8 Å². The number of hydrogen-bond acceptors (Lipinski definition) is 6. The Morgan fingerprint density at radius 2 is 0.544 bits per heavy atom. The van der Waals surface area contributed by atoms with Crippen molar-refractivity contribution in [3.63, 3.8) is 0 Å². The number of carbonyl (C=O) groups excluding carboxylic acids is 3. The lowest BCUT2D eigenvalue weighted by Gasteiger charge is -2.28. The van der Waals surface area contributed by atoms with E-state index in [2.05, 4.69) is 31.4 Å². The van der Waals surface area contributed by atoms with Gasteiger partial charge in [0.15, 0.2) is 5.60 Å². The number of rotatable bonds is 55. The molecule has 0 rings (SSSR count). The van der Waals surface area contributed by atoms with Crippen molar-refractivity contribution >= 4 is 18.2 Å². The molecule has 0 aliphatic rings. The number of hydrogen-bond donors (Lipinski definition) is 2. The molecule has 0 aliphatic carbocycles. The monoisotopic (exact) mass is 963 g/mol. The maximum absolute atomic E-state index is 13.0. The molecule has 0 saturated carbocycles. The van der Waals surface area contributed by atoms with Crippen LogP contribution in [0.4, 0.5) is 9.59 Å². The van der Waals surface area contributed by atoms with E-state index in [0.717, 1.165) is 44.9 Å². The van der Waals surface area contributed by atoms with Gasteiger partial charge in [0, 0.05) is 19.5 Å². The van der Waals surface area contributed by atoms with Gasteiger partial charge in [0.05, 0.1) is 0 Å². The molecule has 0 fully saturated rings. The normalized spacial score (nSPS) is 12.2. The molecule has 8 heteroatoms. The fraction of sp³-hybridized carbons (Fsp3) is 0.950. The van der Waals surface area contributed by atoms with Gasteiger partial charge in [-0.15, -0.1) is 0 Å². The zero-order valence-electron chi connectivity index (χ0n) is 46.2. The molecule has 8 nitrogen and oxygen atoms in total. The molecule has 0 saturated heterocycles. The molecule has 68 heavy (non-hydrogen) atoms. The Labute approximate surface area is 423 Å². The summed E-state index contributed by atoms with van der Waals surface area (Å²) in [7, 11) is 0. The first-order valence-corrected chi connectivity index (χ1v) is 30.4. The Morgan fingerprint density at radius 3 is 0.838 bits per heavy atom. The van der Waals surface area contributed by atoms with Crippen LogP contribution in [0.1, 0.15) is 336 Å². The van der Waals surface area contributed by atoms with Crippen molar-refractivity contribution in [2.45, 2.75) is 341 Å². The Balaban J connectivity index is 4.40. The van der Waals surface area contributed by atoms with Crippen LogP contribution in [0, 0.1) is 0 Å². The number of nitrogens with one attached hydrogen (secondary N) is 2. The zero-order chi connectivity index (χ0) is 49.5. The van der Waals surface area contributed by atoms with Crippen LogP contribution in [0.25, 0.3) is 0 Å². The molecule has 0 spiro atoms. The summed E-state index contributed by atoms with van der Waals surface area (Å²) in [6.45, 7) is 9.21. The summed E-state index contributed by atoms with van der Waals surface area (Å²) in [6.07, 6.45) is 60.0. The Bertz CT molecular complexity index is 1060. The third kappa shape index (κ3) is 51.8. The number of alkyl carbamates (subject to hydrolysis) is 2. The van der Waals surface area contributed by atoms with Crippen molar-refractivity contribution in [3.05, 3.63) is 0 Å². The average molecular weight is 964 g/mol. The van der Waals surface area contributed by atoms with Crippen molar-refractivity contribution in [1.82, 2.24) is 10.6 Å². The second kappa shape index (κ2) is 54.3. The van der Waals surface area contributed by atoms with E-state index in [0.29, 0.717) is 19.5 Å². The van der Waals surface area contributed by atoms with Crippen LogP contribution in [-0.2, 0) is 19.0 Å². The van der Waals surface area contributed by atoms with Crippen molar-refractivity contribution in [2.24, 2.45) is 0 Å². The molecular formula is C60H118N2O6. The van der Waals surface area contributed by atoms with Gasteiger partial charge in [-0.3, -0.25) is 4.79 Å². The van der Waals surface area contributed by atoms with E-state index in [4.69, 9.17) is 14.2 Å². The highest BCUT2D eigenvalue weighted by Crippen LogP contribution is 2.18. The molecule has 1 unspecified atom stereocenters. The Kier molecular flexibility index (Phi) is 52.8. The average Bonchev–Trinajstić information content (AvgIpc) is 3.33. The SMILES string of the molecule is CCCCCCCCCCCCCCCCCCNC(=O)OCC(C)(COC(=O)CCCCCCCCCCCCCCCCC)OC(=O)NCCCCCCCCCCCCCCCCCC.